The molecule has 1 aromatic carbocycles. The summed E-state index contributed by atoms with van der Waals surface area (Å²) in [5.41, 5.74) is 0.279. The Kier molecular flexibility index (Phi) is 2.34. The first-order valence-corrected chi connectivity index (χ1v) is 4.44. The molecule has 2 rings (SSSR count). The van der Waals surface area contributed by atoms with Crippen LogP contribution in [0.15, 0.2) is 36.7 Å². The molecule has 2 aromatic rings. The van der Waals surface area contributed by atoms with E-state index in [-0.39, 0.29) is 5.56 Å². The SMILES string of the molecule is FC(F)(F)Cc1ccc2cnccc2c1. The molecule has 0 saturated heterocycles. The Morgan fingerprint density at radius 3 is 2.60 bits per heavy atom. The highest BCUT2D eigenvalue weighted by Gasteiger charge is 2.27. The average molecular weight is 211 g/mol. The van der Waals surface area contributed by atoms with E-state index in [1.807, 2.05) is 0 Å². The second-order valence-electron chi connectivity index (χ2n) is 3.35. The van der Waals surface area contributed by atoms with Crippen LogP contribution < -0.4 is 0 Å². The molecule has 0 N–H and O–H groups in total. The van der Waals surface area contributed by atoms with E-state index in [0.29, 0.717) is 0 Å². The molecule has 0 aliphatic carbocycles. The third kappa shape index (κ3) is 2.46. The number of hydrogen-bond donors (Lipinski definition) is 0. The van der Waals surface area contributed by atoms with Crippen molar-refractivity contribution >= 4 is 10.8 Å². The molecule has 0 spiro atoms. The van der Waals surface area contributed by atoms with E-state index in [4.69, 9.17) is 0 Å². The van der Waals surface area contributed by atoms with E-state index in [1.54, 1.807) is 30.6 Å². The lowest BCUT2D eigenvalue weighted by molar-refractivity contribution is -0.127. The van der Waals surface area contributed by atoms with Crippen LogP contribution in [0.2, 0.25) is 0 Å². The molecule has 4 heteroatoms. The van der Waals surface area contributed by atoms with Crippen LogP contribution in [0, 0.1) is 0 Å². The Labute approximate surface area is 84.6 Å². The van der Waals surface area contributed by atoms with Gasteiger partial charge in [-0.2, -0.15) is 13.2 Å². The van der Waals surface area contributed by atoms with Gasteiger partial charge >= 0.3 is 6.18 Å². The molecule has 0 aliphatic rings. The van der Waals surface area contributed by atoms with E-state index >= 15 is 0 Å². The van der Waals surface area contributed by atoms with E-state index in [2.05, 4.69) is 4.98 Å². The van der Waals surface area contributed by atoms with Crippen LogP contribution >= 0.6 is 0 Å². The van der Waals surface area contributed by atoms with Crippen molar-refractivity contribution in [2.45, 2.75) is 12.6 Å². The van der Waals surface area contributed by atoms with Crippen LogP contribution in [0.25, 0.3) is 10.8 Å². The van der Waals surface area contributed by atoms with Gasteiger partial charge in [0.05, 0.1) is 6.42 Å². The molecular formula is C11H8F3N. The maximum Gasteiger partial charge on any atom is 0.393 e. The number of rotatable bonds is 1. The molecule has 1 heterocycles. The molecule has 0 radical (unpaired) electrons. The number of hydrogen-bond acceptors (Lipinski definition) is 1. The molecule has 0 amide bonds. The predicted octanol–water partition coefficient (Wildman–Crippen LogP) is 3.34. The fourth-order valence-electron chi connectivity index (χ4n) is 1.47. The van der Waals surface area contributed by atoms with E-state index < -0.39 is 12.6 Å². The van der Waals surface area contributed by atoms with Gasteiger partial charge < -0.3 is 0 Å². The summed E-state index contributed by atoms with van der Waals surface area (Å²) in [5.74, 6) is 0. The fourth-order valence-corrected chi connectivity index (χ4v) is 1.47. The highest BCUT2D eigenvalue weighted by atomic mass is 19.4. The number of alkyl halides is 3. The van der Waals surface area contributed by atoms with Gasteiger partial charge in [-0.05, 0) is 17.0 Å². The Morgan fingerprint density at radius 2 is 1.87 bits per heavy atom. The van der Waals surface area contributed by atoms with Crippen molar-refractivity contribution in [1.82, 2.24) is 4.98 Å². The summed E-state index contributed by atoms with van der Waals surface area (Å²) in [6.07, 6.45) is -1.83. The zero-order valence-electron chi connectivity index (χ0n) is 7.75. The van der Waals surface area contributed by atoms with Gasteiger partial charge in [-0.3, -0.25) is 4.98 Å². The second kappa shape index (κ2) is 3.53. The molecule has 0 unspecified atom stereocenters. The Bertz CT molecular complexity index is 476. The molecule has 1 nitrogen and oxygen atoms in total. The quantitative estimate of drug-likeness (QED) is 0.704. The van der Waals surface area contributed by atoms with E-state index in [1.165, 1.54) is 6.07 Å². The topological polar surface area (TPSA) is 12.9 Å². The number of benzene rings is 1. The van der Waals surface area contributed by atoms with Gasteiger partial charge in [0.15, 0.2) is 0 Å². The highest BCUT2D eigenvalue weighted by Crippen LogP contribution is 2.23. The normalized spacial score (nSPS) is 11.9. The first-order chi connectivity index (χ1) is 7.04. The third-order valence-electron chi connectivity index (χ3n) is 2.11. The maximum atomic E-state index is 12.1. The van der Waals surface area contributed by atoms with Crippen LogP contribution in [0.4, 0.5) is 13.2 Å². The first-order valence-electron chi connectivity index (χ1n) is 4.44. The van der Waals surface area contributed by atoms with Crippen molar-refractivity contribution in [3.8, 4) is 0 Å². The van der Waals surface area contributed by atoms with E-state index in [9.17, 15) is 13.2 Å². The van der Waals surface area contributed by atoms with Gasteiger partial charge in [0.1, 0.15) is 0 Å². The number of pyridine rings is 1. The van der Waals surface area contributed by atoms with Crippen molar-refractivity contribution in [2.75, 3.05) is 0 Å². The van der Waals surface area contributed by atoms with Gasteiger partial charge in [0.2, 0.25) is 0 Å². The highest BCUT2D eigenvalue weighted by molar-refractivity contribution is 5.81. The lowest BCUT2D eigenvalue weighted by Crippen LogP contribution is -2.11. The Morgan fingerprint density at radius 1 is 1.07 bits per heavy atom. The zero-order chi connectivity index (χ0) is 10.9. The number of halogens is 3. The summed E-state index contributed by atoms with van der Waals surface area (Å²) in [7, 11) is 0. The number of fused-ring (bicyclic) bond motifs is 1. The minimum absolute atomic E-state index is 0.279. The van der Waals surface area contributed by atoms with Gasteiger partial charge in [0.25, 0.3) is 0 Å². The summed E-state index contributed by atoms with van der Waals surface area (Å²) >= 11 is 0. The molecule has 0 bridgehead atoms. The van der Waals surface area contributed by atoms with Gasteiger partial charge in [0, 0.05) is 17.8 Å². The van der Waals surface area contributed by atoms with Gasteiger partial charge in [-0.1, -0.05) is 18.2 Å². The molecule has 0 saturated carbocycles. The van der Waals surface area contributed by atoms with Crippen molar-refractivity contribution in [3.63, 3.8) is 0 Å². The lowest BCUT2D eigenvalue weighted by atomic mass is 10.1. The Hall–Kier alpha value is -1.58. The average Bonchev–Trinajstić information content (AvgIpc) is 2.15. The third-order valence-corrected chi connectivity index (χ3v) is 2.11. The minimum atomic E-state index is -4.15. The van der Waals surface area contributed by atoms with Crippen LogP contribution in [0.5, 0.6) is 0 Å². The zero-order valence-corrected chi connectivity index (χ0v) is 7.75. The Balaban J connectivity index is 2.39. The summed E-state index contributed by atoms with van der Waals surface area (Å²) in [6, 6.07) is 6.39. The van der Waals surface area contributed by atoms with Crippen LogP contribution in [-0.4, -0.2) is 11.2 Å². The van der Waals surface area contributed by atoms with Gasteiger partial charge in [-0.25, -0.2) is 0 Å². The van der Waals surface area contributed by atoms with Crippen LogP contribution in [0.1, 0.15) is 5.56 Å². The lowest BCUT2D eigenvalue weighted by Gasteiger charge is -2.06. The number of nitrogens with zero attached hydrogens (tertiary/aromatic N) is 1. The van der Waals surface area contributed by atoms with Crippen molar-refractivity contribution < 1.29 is 13.2 Å². The molecule has 0 fully saturated rings. The molecule has 0 atom stereocenters. The van der Waals surface area contributed by atoms with Crippen molar-refractivity contribution in [3.05, 3.63) is 42.2 Å². The van der Waals surface area contributed by atoms with Crippen molar-refractivity contribution in [1.29, 1.82) is 0 Å². The maximum absolute atomic E-state index is 12.1. The minimum Gasteiger partial charge on any atom is -0.264 e. The smallest absolute Gasteiger partial charge is 0.264 e. The number of aromatic nitrogens is 1. The monoisotopic (exact) mass is 211 g/mol. The largest absolute Gasteiger partial charge is 0.393 e. The summed E-state index contributed by atoms with van der Waals surface area (Å²) in [5, 5.41) is 1.63. The molecule has 78 valence electrons. The van der Waals surface area contributed by atoms with Crippen LogP contribution in [0.3, 0.4) is 0 Å². The van der Waals surface area contributed by atoms with Crippen LogP contribution in [-0.2, 0) is 6.42 Å². The second-order valence-corrected chi connectivity index (χ2v) is 3.35. The fraction of sp³-hybridized carbons (Fsp3) is 0.182. The van der Waals surface area contributed by atoms with Crippen molar-refractivity contribution in [2.24, 2.45) is 0 Å². The predicted molar refractivity (Wildman–Crippen MR) is 51.5 cm³/mol. The molecule has 0 aliphatic heterocycles. The summed E-state index contributed by atoms with van der Waals surface area (Å²) in [4.78, 5) is 3.89. The van der Waals surface area contributed by atoms with Gasteiger partial charge in [-0.15, -0.1) is 0 Å². The molecule has 15 heavy (non-hydrogen) atoms. The first kappa shape index (κ1) is 9.96. The molecule has 1 aromatic heterocycles. The summed E-state index contributed by atoms with van der Waals surface area (Å²) < 4.78 is 36.4. The standard InChI is InChI=1S/C11H8F3N/c12-11(13,14)6-8-1-2-10-7-15-4-3-9(10)5-8/h1-5,7H,6H2. The van der Waals surface area contributed by atoms with E-state index in [0.717, 1.165) is 10.8 Å². The molecular weight excluding hydrogens is 203 g/mol. The summed E-state index contributed by atoms with van der Waals surface area (Å²) in [6.45, 7) is 0.